The predicted octanol–water partition coefficient (Wildman–Crippen LogP) is 1.87. The molecule has 2 N–H and O–H groups in total. The summed E-state index contributed by atoms with van der Waals surface area (Å²) in [7, 11) is 2.06. The first-order valence-electron chi connectivity index (χ1n) is 6.92. The van der Waals surface area contributed by atoms with Gasteiger partial charge in [-0.15, -0.1) is 0 Å². The molecule has 0 amide bonds. The molecule has 0 aliphatic carbocycles. The number of hydrogen-bond donors (Lipinski definition) is 1. The molecular formula is C15H21N3O. The van der Waals surface area contributed by atoms with Crippen LogP contribution in [0.15, 0.2) is 24.3 Å². The number of imidazole rings is 1. The number of fused-ring (bicyclic) bond motifs is 1. The molecule has 1 aromatic carbocycles. The van der Waals surface area contributed by atoms with Gasteiger partial charge in [0.25, 0.3) is 0 Å². The minimum Gasteiger partial charge on any atom is -0.378 e. The molecule has 0 bridgehead atoms. The topological polar surface area (TPSA) is 53.1 Å². The zero-order chi connectivity index (χ0) is 13.4. The summed E-state index contributed by atoms with van der Waals surface area (Å²) in [4.78, 5) is 4.68. The maximum absolute atomic E-state index is 6.33. The second-order valence-corrected chi connectivity index (χ2v) is 5.58. The molecule has 3 atom stereocenters. The van der Waals surface area contributed by atoms with Crippen LogP contribution in [-0.2, 0) is 18.2 Å². The lowest BCUT2D eigenvalue weighted by atomic mass is 9.95. The molecule has 3 unspecified atom stereocenters. The lowest BCUT2D eigenvalue weighted by Gasteiger charge is -2.17. The molecule has 1 fully saturated rings. The first-order valence-corrected chi connectivity index (χ1v) is 6.92. The minimum atomic E-state index is 0.125. The standard InChI is InChI=1S/C15H21N3O/c1-10-7-11(9-19-10)12(16)8-15-17-13-5-3-4-6-14(13)18(15)2/h3-6,10-12H,7-9,16H2,1-2H3. The number of rotatable bonds is 3. The molecule has 1 aromatic heterocycles. The van der Waals surface area contributed by atoms with Crippen LogP contribution in [0.25, 0.3) is 11.0 Å². The molecule has 3 rings (SSSR count). The Morgan fingerprint density at radius 2 is 2.26 bits per heavy atom. The van der Waals surface area contributed by atoms with Gasteiger partial charge in [-0.25, -0.2) is 4.98 Å². The average molecular weight is 259 g/mol. The highest BCUT2D eigenvalue weighted by Crippen LogP contribution is 2.24. The van der Waals surface area contributed by atoms with E-state index in [1.807, 2.05) is 18.2 Å². The smallest absolute Gasteiger partial charge is 0.111 e. The van der Waals surface area contributed by atoms with Crippen molar-refractivity contribution >= 4 is 11.0 Å². The van der Waals surface area contributed by atoms with Crippen molar-refractivity contribution in [3.63, 3.8) is 0 Å². The third kappa shape index (κ3) is 2.38. The summed E-state index contributed by atoms with van der Waals surface area (Å²) < 4.78 is 7.75. The fraction of sp³-hybridized carbons (Fsp3) is 0.533. The van der Waals surface area contributed by atoms with E-state index in [4.69, 9.17) is 10.5 Å². The van der Waals surface area contributed by atoms with Crippen molar-refractivity contribution in [3.05, 3.63) is 30.1 Å². The molecule has 1 aliphatic heterocycles. The van der Waals surface area contributed by atoms with Gasteiger partial charge in [-0.1, -0.05) is 12.1 Å². The molecule has 102 valence electrons. The molecular weight excluding hydrogens is 238 g/mol. The Hall–Kier alpha value is -1.39. The molecule has 1 aliphatic rings. The predicted molar refractivity (Wildman–Crippen MR) is 75.9 cm³/mol. The number of aromatic nitrogens is 2. The second kappa shape index (κ2) is 4.94. The zero-order valence-electron chi connectivity index (χ0n) is 11.5. The van der Waals surface area contributed by atoms with Gasteiger partial charge < -0.3 is 15.0 Å². The van der Waals surface area contributed by atoms with Crippen molar-refractivity contribution in [2.45, 2.75) is 31.9 Å². The van der Waals surface area contributed by atoms with E-state index < -0.39 is 0 Å². The van der Waals surface area contributed by atoms with E-state index in [2.05, 4.69) is 29.6 Å². The Morgan fingerprint density at radius 1 is 1.47 bits per heavy atom. The molecule has 0 radical (unpaired) electrons. The van der Waals surface area contributed by atoms with Crippen molar-refractivity contribution in [1.82, 2.24) is 9.55 Å². The highest BCUT2D eigenvalue weighted by atomic mass is 16.5. The maximum Gasteiger partial charge on any atom is 0.111 e. The van der Waals surface area contributed by atoms with Crippen LogP contribution >= 0.6 is 0 Å². The van der Waals surface area contributed by atoms with Crippen LogP contribution in [0.4, 0.5) is 0 Å². The van der Waals surface area contributed by atoms with Crippen LogP contribution in [0.2, 0.25) is 0 Å². The molecule has 0 saturated carbocycles. The SMILES string of the molecule is CC1CC(C(N)Cc2nc3ccccc3n2C)CO1. The summed E-state index contributed by atoms with van der Waals surface area (Å²) in [5, 5.41) is 0. The van der Waals surface area contributed by atoms with E-state index in [1.165, 1.54) is 5.52 Å². The first kappa shape index (κ1) is 12.6. The monoisotopic (exact) mass is 259 g/mol. The lowest BCUT2D eigenvalue weighted by Crippen LogP contribution is -2.33. The van der Waals surface area contributed by atoms with Gasteiger partial charge in [-0.2, -0.15) is 0 Å². The van der Waals surface area contributed by atoms with Gasteiger partial charge in [0.05, 0.1) is 23.7 Å². The number of ether oxygens (including phenoxy) is 1. The number of nitrogens with two attached hydrogens (primary N) is 1. The normalized spacial score (nSPS) is 25.0. The number of benzene rings is 1. The highest BCUT2D eigenvalue weighted by Gasteiger charge is 2.28. The highest BCUT2D eigenvalue weighted by molar-refractivity contribution is 5.75. The van der Waals surface area contributed by atoms with Crippen LogP contribution in [0, 0.1) is 5.92 Å². The third-order valence-corrected chi connectivity index (χ3v) is 4.13. The summed E-state index contributed by atoms with van der Waals surface area (Å²) in [6, 6.07) is 8.33. The summed E-state index contributed by atoms with van der Waals surface area (Å²) >= 11 is 0. The van der Waals surface area contributed by atoms with Gasteiger partial charge in [0.15, 0.2) is 0 Å². The summed E-state index contributed by atoms with van der Waals surface area (Å²) in [5.74, 6) is 1.52. The van der Waals surface area contributed by atoms with Gasteiger partial charge in [0.2, 0.25) is 0 Å². The zero-order valence-corrected chi connectivity index (χ0v) is 11.5. The molecule has 4 heteroatoms. The Bertz CT molecular complexity index is 578. The largest absolute Gasteiger partial charge is 0.378 e. The van der Waals surface area contributed by atoms with E-state index in [-0.39, 0.29) is 6.04 Å². The fourth-order valence-corrected chi connectivity index (χ4v) is 2.90. The van der Waals surface area contributed by atoms with Crippen molar-refractivity contribution in [3.8, 4) is 0 Å². The van der Waals surface area contributed by atoms with E-state index in [9.17, 15) is 0 Å². The van der Waals surface area contributed by atoms with Gasteiger partial charge in [-0.05, 0) is 25.5 Å². The Balaban J connectivity index is 1.79. The van der Waals surface area contributed by atoms with Crippen molar-refractivity contribution in [2.24, 2.45) is 18.7 Å². The van der Waals surface area contributed by atoms with Crippen LogP contribution < -0.4 is 5.73 Å². The number of aryl methyl sites for hydroxylation is 1. The van der Waals surface area contributed by atoms with Gasteiger partial charge >= 0.3 is 0 Å². The van der Waals surface area contributed by atoms with Crippen LogP contribution in [0.3, 0.4) is 0 Å². The number of nitrogens with zero attached hydrogens (tertiary/aromatic N) is 2. The summed E-state index contributed by atoms with van der Waals surface area (Å²) in [6.45, 7) is 2.90. The van der Waals surface area contributed by atoms with Crippen LogP contribution in [0.1, 0.15) is 19.2 Å². The maximum atomic E-state index is 6.33. The lowest BCUT2D eigenvalue weighted by molar-refractivity contribution is 0.118. The molecule has 4 nitrogen and oxygen atoms in total. The van der Waals surface area contributed by atoms with Gasteiger partial charge in [0, 0.05) is 25.4 Å². The fourth-order valence-electron chi connectivity index (χ4n) is 2.90. The second-order valence-electron chi connectivity index (χ2n) is 5.58. The van der Waals surface area contributed by atoms with E-state index >= 15 is 0 Å². The van der Waals surface area contributed by atoms with Crippen molar-refractivity contribution in [1.29, 1.82) is 0 Å². The van der Waals surface area contributed by atoms with Crippen LogP contribution in [-0.4, -0.2) is 28.3 Å². The molecule has 2 heterocycles. The third-order valence-electron chi connectivity index (χ3n) is 4.13. The van der Waals surface area contributed by atoms with Gasteiger partial charge in [-0.3, -0.25) is 0 Å². The Morgan fingerprint density at radius 3 is 2.95 bits per heavy atom. The molecule has 19 heavy (non-hydrogen) atoms. The summed E-state index contributed by atoms with van der Waals surface area (Å²) in [6.07, 6.45) is 2.22. The molecule has 0 spiro atoms. The van der Waals surface area contributed by atoms with Crippen LogP contribution in [0.5, 0.6) is 0 Å². The minimum absolute atomic E-state index is 0.125. The number of hydrogen-bond acceptors (Lipinski definition) is 3. The quantitative estimate of drug-likeness (QED) is 0.915. The van der Waals surface area contributed by atoms with E-state index in [0.717, 1.165) is 30.8 Å². The van der Waals surface area contributed by atoms with Gasteiger partial charge in [0.1, 0.15) is 5.82 Å². The Kier molecular flexibility index (Phi) is 3.29. The molecule has 2 aromatic rings. The van der Waals surface area contributed by atoms with E-state index in [1.54, 1.807) is 0 Å². The van der Waals surface area contributed by atoms with Crippen molar-refractivity contribution in [2.75, 3.05) is 6.61 Å². The van der Waals surface area contributed by atoms with Crippen molar-refractivity contribution < 1.29 is 4.74 Å². The first-order chi connectivity index (χ1) is 9.15. The Labute approximate surface area is 113 Å². The molecule has 1 saturated heterocycles. The number of para-hydroxylation sites is 2. The average Bonchev–Trinajstić information content (AvgIpc) is 2.96. The summed E-state index contributed by atoms with van der Waals surface area (Å²) in [5.41, 5.74) is 8.54. The van der Waals surface area contributed by atoms with E-state index in [0.29, 0.717) is 12.0 Å².